The molecule has 2 aromatic rings. The Bertz CT molecular complexity index is 644. The summed E-state index contributed by atoms with van der Waals surface area (Å²) in [5.74, 6) is 0.301. The van der Waals surface area contributed by atoms with E-state index in [4.69, 9.17) is 0 Å². The van der Waals surface area contributed by atoms with E-state index < -0.39 is 0 Å². The Hall–Kier alpha value is -1.65. The number of aryl methyl sites for hydroxylation is 1. The number of thiophene rings is 1. The number of rotatable bonds is 6. The lowest BCUT2D eigenvalue weighted by Crippen LogP contribution is -2.58. The van der Waals surface area contributed by atoms with Crippen LogP contribution in [-0.2, 0) is 17.6 Å². The molecule has 1 aliphatic heterocycles. The Kier molecular flexibility index (Phi) is 6.27. The maximum absolute atomic E-state index is 12.6. The number of hydrogen-bond acceptors (Lipinski definition) is 3. The summed E-state index contributed by atoms with van der Waals surface area (Å²) in [5.41, 5.74) is 1.39. The lowest BCUT2D eigenvalue weighted by Gasteiger charge is -2.44. The van der Waals surface area contributed by atoms with E-state index in [0.29, 0.717) is 24.4 Å². The highest BCUT2D eigenvalue weighted by Gasteiger charge is 2.31. The molecule has 2 heterocycles. The standard InChI is InChI=1S/C21H28N2OS/c1-17-15-22(21(24)11-10-20-9-6-14-25-20)16-18(2)23(17)13-12-19-7-4-3-5-8-19/h3-9,14,17-18H,10-13,15-16H2,1-2H3. The topological polar surface area (TPSA) is 23.6 Å². The number of amides is 1. The van der Waals surface area contributed by atoms with E-state index in [1.165, 1.54) is 10.4 Å². The zero-order valence-corrected chi connectivity index (χ0v) is 16.0. The minimum absolute atomic E-state index is 0.301. The zero-order valence-electron chi connectivity index (χ0n) is 15.2. The number of hydrogen-bond donors (Lipinski definition) is 0. The third-order valence-electron chi connectivity index (χ3n) is 5.12. The Morgan fingerprint density at radius 2 is 1.76 bits per heavy atom. The van der Waals surface area contributed by atoms with Crippen LogP contribution in [-0.4, -0.2) is 47.4 Å². The Morgan fingerprint density at radius 1 is 1.04 bits per heavy atom. The summed E-state index contributed by atoms with van der Waals surface area (Å²) in [6.07, 6.45) is 2.57. The van der Waals surface area contributed by atoms with Crippen LogP contribution in [0.2, 0.25) is 0 Å². The fourth-order valence-corrected chi connectivity index (χ4v) is 4.46. The smallest absolute Gasteiger partial charge is 0.223 e. The van der Waals surface area contributed by atoms with Gasteiger partial charge in [-0.3, -0.25) is 9.69 Å². The molecule has 2 unspecified atom stereocenters. The number of carbonyl (C=O) groups excluding carboxylic acids is 1. The van der Waals surface area contributed by atoms with Gasteiger partial charge >= 0.3 is 0 Å². The van der Waals surface area contributed by atoms with Gasteiger partial charge in [0.1, 0.15) is 0 Å². The Labute approximate surface area is 155 Å². The van der Waals surface area contributed by atoms with Crippen LogP contribution in [0.25, 0.3) is 0 Å². The van der Waals surface area contributed by atoms with Crippen molar-refractivity contribution in [1.29, 1.82) is 0 Å². The van der Waals surface area contributed by atoms with Gasteiger partial charge < -0.3 is 4.90 Å². The fourth-order valence-electron chi connectivity index (χ4n) is 3.75. The van der Waals surface area contributed by atoms with Gasteiger partial charge in [-0.05, 0) is 43.7 Å². The fraction of sp³-hybridized carbons (Fsp3) is 0.476. The Balaban J connectivity index is 1.49. The zero-order chi connectivity index (χ0) is 17.6. The Morgan fingerprint density at radius 3 is 2.40 bits per heavy atom. The predicted octanol–water partition coefficient (Wildman–Crippen LogP) is 3.84. The van der Waals surface area contributed by atoms with Crippen molar-refractivity contribution < 1.29 is 4.79 Å². The first kappa shape index (κ1) is 18.2. The maximum Gasteiger partial charge on any atom is 0.223 e. The van der Waals surface area contributed by atoms with E-state index in [2.05, 4.69) is 71.5 Å². The van der Waals surface area contributed by atoms with E-state index in [1.807, 2.05) is 0 Å². The van der Waals surface area contributed by atoms with E-state index in [0.717, 1.165) is 32.5 Å². The first-order chi connectivity index (χ1) is 12.1. The molecule has 3 rings (SSSR count). The summed E-state index contributed by atoms with van der Waals surface area (Å²) in [6, 6.07) is 15.7. The maximum atomic E-state index is 12.6. The molecule has 1 aromatic carbocycles. The molecule has 0 saturated carbocycles. The third-order valence-corrected chi connectivity index (χ3v) is 6.06. The summed E-state index contributed by atoms with van der Waals surface area (Å²) in [4.78, 5) is 18.5. The summed E-state index contributed by atoms with van der Waals surface area (Å²) in [6.45, 7) is 7.26. The average molecular weight is 357 g/mol. The van der Waals surface area contributed by atoms with Crippen molar-refractivity contribution in [3.63, 3.8) is 0 Å². The largest absolute Gasteiger partial charge is 0.340 e. The molecule has 2 atom stereocenters. The molecule has 4 heteroatoms. The quantitative estimate of drug-likeness (QED) is 0.785. The van der Waals surface area contributed by atoms with Gasteiger partial charge in [-0.25, -0.2) is 0 Å². The van der Waals surface area contributed by atoms with Crippen molar-refractivity contribution in [2.75, 3.05) is 19.6 Å². The van der Waals surface area contributed by atoms with Crippen molar-refractivity contribution in [3.8, 4) is 0 Å². The second-order valence-corrected chi connectivity index (χ2v) is 8.08. The lowest BCUT2D eigenvalue weighted by molar-refractivity contribution is -0.135. The lowest BCUT2D eigenvalue weighted by atomic mass is 10.0. The molecule has 1 aromatic heterocycles. The molecular formula is C21H28N2OS. The molecule has 0 aliphatic carbocycles. The molecule has 0 bridgehead atoms. The van der Waals surface area contributed by atoms with Crippen LogP contribution < -0.4 is 0 Å². The van der Waals surface area contributed by atoms with Crippen molar-refractivity contribution in [3.05, 3.63) is 58.3 Å². The van der Waals surface area contributed by atoms with Gasteiger partial charge in [0.15, 0.2) is 0 Å². The molecule has 1 aliphatic rings. The van der Waals surface area contributed by atoms with Gasteiger partial charge in [0.25, 0.3) is 0 Å². The van der Waals surface area contributed by atoms with Crippen molar-refractivity contribution >= 4 is 17.2 Å². The van der Waals surface area contributed by atoms with Crippen LogP contribution >= 0.6 is 11.3 Å². The van der Waals surface area contributed by atoms with Crippen LogP contribution in [0.3, 0.4) is 0 Å². The normalized spacial score (nSPS) is 21.4. The molecule has 1 saturated heterocycles. The van der Waals surface area contributed by atoms with Gasteiger partial charge in [-0.2, -0.15) is 0 Å². The van der Waals surface area contributed by atoms with Crippen molar-refractivity contribution in [2.45, 2.75) is 45.2 Å². The van der Waals surface area contributed by atoms with E-state index in [-0.39, 0.29) is 0 Å². The monoisotopic (exact) mass is 356 g/mol. The molecule has 0 radical (unpaired) electrons. The summed E-state index contributed by atoms with van der Waals surface area (Å²) in [5, 5.41) is 2.08. The van der Waals surface area contributed by atoms with Gasteiger partial charge in [-0.15, -0.1) is 11.3 Å². The van der Waals surface area contributed by atoms with Gasteiger partial charge in [0.05, 0.1) is 0 Å². The van der Waals surface area contributed by atoms with Crippen LogP contribution in [0.1, 0.15) is 30.7 Å². The molecule has 1 amide bonds. The van der Waals surface area contributed by atoms with Gasteiger partial charge in [0.2, 0.25) is 5.91 Å². The highest BCUT2D eigenvalue weighted by atomic mass is 32.1. The van der Waals surface area contributed by atoms with Crippen molar-refractivity contribution in [1.82, 2.24) is 9.80 Å². The molecular weight excluding hydrogens is 328 g/mol. The second kappa shape index (κ2) is 8.63. The van der Waals surface area contributed by atoms with Gasteiger partial charge in [-0.1, -0.05) is 36.4 Å². The highest BCUT2D eigenvalue weighted by Crippen LogP contribution is 2.19. The minimum Gasteiger partial charge on any atom is -0.340 e. The van der Waals surface area contributed by atoms with E-state index in [1.54, 1.807) is 11.3 Å². The number of nitrogens with zero attached hydrogens (tertiary/aromatic N) is 2. The molecule has 25 heavy (non-hydrogen) atoms. The molecule has 0 N–H and O–H groups in total. The molecule has 3 nitrogen and oxygen atoms in total. The number of piperazine rings is 1. The SMILES string of the molecule is CC1CN(C(=O)CCc2cccs2)CC(C)N1CCc1ccccc1. The first-order valence-corrected chi connectivity index (χ1v) is 10.1. The minimum atomic E-state index is 0.301. The number of carbonyl (C=O) groups is 1. The second-order valence-electron chi connectivity index (χ2n) is 7.05. The predicted molar refractivity (Wildman–Crippen MR) is 105 cm³/mol. The van der Waals surface area contributed by atoms with Crippen LogP contribution in [0.4, 0.5) is 0 Å². The summed E-state index contributed by atoms with van der Waals surface area (Å²) < 4.78 is 0. The highest BCUT2D eigenvalue weighted by molar-refractivity contribution is 7.09. The van der Waals surface area contributed by atoms with E-state index >= 15 is 0 Å². The third kappa shape index (κ3) is 4.93. The molecule has 134 valence electrons. The van der Waals surface area contributed by atoms with Crippen molar-refractivity contribution in [2.24, 2.45) is 0 Å². The number of benzene rings is 1. The van der Waals surface area contributed by atoms with Crippen LogP contribution in [0.5, 0.6) is 0 Å². The van der Waals surface area contributed by atoms with Crippen LogP contribution in [0.15, 0.2) is 47.8 Å². The van der Waals surface area contributed by atoms with E-state index in [9.17, 15) is 4.79 Å². The average Bonchev–Trinajstić information content (AvgIpc) is 3.13. The molecule has 0 spiro atoms. The molecule has 1 fully saturated rings. The van der Waals surface area contributed by atoms with Gasteiger partial charge in [0, 0.05) is 43.0 Å². The first-order valence-electron chi connectivity index (χ1n) is 9.23. The summed E-state index contributed by atoms with van der Waals surface area (Å²) >= 11 is 1.74. The van der Waals surface area contributed by atoms with Crippen LogP contribution in [0, 0.1) is 0 Å². The summed E-state index contributed by atoms with van der Waals surface area (Å²) in [7, 11) is 0.